The molecular weight excluding hydrogens is 182 g/mol. The molecule has 1 rings (SSSR count). The monoisotopic (exact) mass is 191 g/mol. The zero-order valence-electron chi connectivity index (χ0n) is 6.47. The lowest BCUT2D eigenvalue weighted by Gasteiger charge is -2.19. The maximum absolute atomic E-state index is 5.64. The van der Waals surface area contributed by atoms with E-state index in [0.717, 1.165) is 17.2 Å². The predicted molar refractivity (Wildman–Crippen MR) is 50.2 cm³/mol. The van der Waals surface area contributed by atoms with E-state index in [4.69, 9.17) is 11.8 Å². The van der Waals surface area contributed by atoms with Crippen molar-refractivity contribution in [1.82, 2.24) is 10.1 Å². The van der Waals surface area contributed by atoms with Crippen LogP contribution in [0.4, 0.5) is 0 Å². The largest absolute Gasteiger partial charge is 0.271 e. The highest BCUT2D eigenvalue weighted by molar-refractivity contribution is 8.13. The van der Waals surface area contributed by atoms with Gasteiger partial charge in [0.2, 0.25) is 0 Å². The second-order valence-corrected chi connectivity index (χ2v) is 3.18. The van der Waals surface area contributed by atoms with E-state index in [2.05, 4.69) is 17.5 Å². The normalized spacial score (nSPS) is 17.2. The molecule has 62 valence electrons. The molecule has 1 aliphatic rings. The molecule has 0 saturated heterocycles. The van der Waals surface area contributed by atoms with E-state index in [-0.39, 0.29) is 0 Å². The highest BCUT2D eigenvalue weighted by Gasteiger charge is 2.07. The summed E-state index contributed by atoms with van der Waals surface area (Å²) in [7, 11) is 0. The van der Waals surface area contributed by atoms with Gasteiger partial charge in [0.1, 0.15) is 5.04 Å². The van der Waals surface area contributed by atoms with Gasteiger partial charge in [0, 0.05) is 5.70 Å². The Hall–Kier alpha value is -0.350. The Morgan fingerprint density at radius 3 is 3.09 bits per heavy atom. The first kappa shape index (κ1) is 8.74. The van der Waals surface area contributed by atoms with Gasteiger partial charge in [0.25, 0.3) is 0 Å². The minimum Gasteiger partial charge on any atom is -0.271 e. The van der Waals surface area contributed by atoms with Gasteiger partial charge in [-0.05, 0) is 18.8 Å². The van der Waals surface area contributed by atoms with Crippen LogP contribution in [0, 0.1) is 0 Å². The van der Waals surface area contributed by atoms with E-state index < -0.39 is 0 Å². The van der Waals surface area contributed by atoms with Crippen LogP contribution in [0.5, 0.6) is 0 Å². The molecule has 5 heteroatoms. The Morgan fingerprint density at radius 1 is 1.82 bits per heavy atom. The first-order valence-corrected chi connectivity index (χ1v) is 4.88. The maximum Gasteiger partial charge on any atom is 0.121 e. The van der Waals surface area contributed by atoms with Gasteiger partial charge in [-0.2, -0.15) is 0 Å². The van der Waals surface area contributed by atoms with Crippen LogP contribution in [0.3, 0.4) is 0 Å². The van der Waals surface area contributed by atoms with Gasteiger partial charge in [0.15, 0.2) is 0 Å². The van der Waals surface area contributed by atoms with Crippen molar-refractivity contribution in [3.8, 4) is 0 Å². The predicted octanol–water partition coefficient (Wildman–Crippen LogP) is 1.93. The number of hydrazine groups is 1. The summed E-state index contributed by atoms with van der Waals surface area (Å²) < 4.78 is 1.21. The summed E-state index contributed by atoms with van der Waals surface area (Å²) in [5, 5.41) is 4.92. The molecule has 0 aromatic carbocycles. The lowest BCUT2D eigenvalue weighted by atomic mass is 10.3. The summed E-state index contributed by atoms with van der Waals surface area (Å²) in [5.41, 5.74) is 3.97. The van der Waals surface area contributed by atoms with Crippen molar-refractivity contribution in [2.75, 3.05) is 6.26 Å². The maximum atomic E-state index is 5.64. The van der Waals surface area contributed by atoms with E-state index in [1.54, 1.807) is 11.8 Å². The number of rotatable bonds is 1. The Bertz CT molecular complexity index is 202. The standard InChI is InChI=1S/C6H10ClN3S/c1-3-5-4-6(11-2)9-10(7)8-5/h4,8H,3H2,1-2H3. The van der Waals surface area contributed by atoms with E-state index in [0.29, 0.717) is 0 Å². The SMILES string of the molecule is CCC1=CC(SC)=NN(Cl)N1. The van der Waals surface area contributed by atoms with Crippen LogP contribution in [-0.2, 0) is 0 Å². The molecule has 1 N–H and O–H groups in total. The van der Waals surface area contributed by atoms with Crippen molar-refractivity contribution >= 4 is 28.6 Å². The van der Waals surface area contributed by atoms with Crippen LogP contribution in [0.15, 0.2) is 16.9 Å². The topological polar surface area (TPSA) is 27.6 Å². The fourth-order valence-electron chi connectivity index (χ4n) is 0.721. The molecule has 0 aliphatic carbocycles. The molecule has 0 aromatic heterocycles. The van der Waals surface area contributed by atoms with E-state index >= 15 is 0 Å². The lowest BCUT2D eigenvalue weighted by molar-refractivity contribution is 0.388. The smallest absolute Gasteiger partial charge is 0.121 e. The molecule has 0 saturated carbocycles. The molecule has 0 spiro atoms. The minimum absolute atomic E-state index is 0.926. The average molecular weight is 192 g/mol. The van der Waals surface area contributed by atoms with Crippen molar-refractivity contribution < 1.29 is 0 Å². The number of nitrogens with one attached hydrogen (secondary N) is 1. The van der Waals surface area contributed by atoms with Gasteiger partial charge in [-0.3, -0.25) is 5.43 Å². The average Bonchev–Trinajstić information content (AvgIpc) is 2.03. The molecule has 1 aliphatic heterocycles. The molecular formula is C6H10ClN3S. The number of hydrazone groups is 1. The molecule has 0 amide bonds. The van der Waals surface area contributed by atoms with Crippen molar-refractivity contribution in [3.63, 3.8) is 0 Å². The molecule has 3 nitrogen and oxygen atoms in total. The van der Waals surface area contributed by atoms with Crippen molar-refractivity contribution in [3.05, 3.63) is 11.8 Å². The van der Waals surface area contributed by atoms with Crippen LogP contribution in [0.25, 0.3) is 0 Å². The van der Waals surface area contributed by atoms with Gasteiger partial charge >= 0.3 is 0 Å². The van der Waals surface area contributed by atoms with E-state index in [1.165, 1.54) is 4.64 Å². The van der Waals surface area contributed by atoms with Crippen molar-refractivity contribution in [1.29, 1.82) is 0 Å². The van der Waals surface area contributed by atoms with Gasteiger partial charge in [-0.1, -0.05) is 6.92 Å². The van der Waals surface area contributed by atoms with Crippen molar-refractivity contribution in [2.24, 2.45) is 5.10 Å². The summed E-state index contributed by atoms with van der Waals surface area (Å²) in [6, 6.07) is 0. The Morgan fingerprint density at radius 2 is 2.55 bits per heavy atom. The lowest BCUT2D eigenvalue weighted by Crippen LogP contribution is -2.28. The summed E-state index contributed by atoms with van der Waals surface area (Å²) in [5.74, 6) is 0. The van der Waals surface area contributed by atoms with Gasteiger partial charge in [-0.25, -0.2) is 0 Å². The molecule has 0 atom stereocenters. The molecule has 0 radical (unpaired) electrons. The summed E-state index contributed by atoms with van der Waals surface area (Å²) in [6.45, 7) is 2.06. The van der Waals surface area contributed by atoms with Crippen LogP contribution < -0.4 is 5.43 Å². The molecule has 11 heavy (non-hydrogen) atoms. The zero-order chi connectivity index (χ0) is 8.27. The van der Waals surface area contributed by atoms with Crippen LogP contribution >= 0.6 is 23.5 Å². The van der Waals surface area contributed by atoms with E-state index in [1.807, 2.05) is 12.3 Å². The first-order chi connectivity index (χ1) is 5.26. The van der Waals surface area contributed by atoms with Gasteiger partial charge in [0.05, 0.1) is 11.8 Å². The third kappa shape index (κ3) is 2.31. The molecule has 0 fully saturated rings. The third-order valence-electron chi connectivity index (χ3n) is 1.31. The number of thioether (sulfide) groups is 1. The molecule has 1 heterocycles. The van der Waals surface area contributed by atoms with Crippen molar-refractivity contribution in [2.45, 2.75) is 13.3 Å². The summed E-state index contributed by atoms with van der Waals surface area (Å²) in [4.78, 5) is 0. The summed E-state index contributed by atoms with van der Waals surface area (Å²) >= 11 is 7.22. The minimum atomic E-state index is 0.926. The zero-order valence-corrected chi connectivity index (χ0v) is 8.04. The highest BCUT2D eigenvalue weighted by atomic mass is 35.5. The number of nitrogens with zero attached hydrogens (tertiary/aromatic N) is 2. The number of hydrogen-bond donors (Lipinski definition) is 1. The van der Waals surface area contributed by atoms with Gasteiger partial charge in [-0.15, -0.1) is 21.5 Å². The number of halogens is 1. The second-order valence-electron chi connectivity index (χ2n) is 2.04. The van der Waals surface area contributed by atoms with Crippen LogP contribution in [-0.4, -0.2) is 15.9 Å². The van der Waals surface area contributed by atoms with Crippen LogP contribution in [0.2, 0.25) is 0 Å². The van der Waals surface area contributed by atoms with Crippen LogP contribution in [0.1, 0.15) is 13.3 Å². The number of hydrogen-bond acceptors (Lipinski definition) is 4. The molecule has 0 unspecified atom stereocenters. The van der Waals surface area contributed by atoms with E-state index in [9.17, 15) is 0 Å². The molecule has 0 bridgehead atoms. The van der Waals surface area contributed by atoms with Gasteiger partial charge < -0.3 is 0 Å². The fraction of sp³-hybridized carbons (Fsp3) is 0.500. The third-order valence-corrected chi connectivity index (χ3v) is 2.09. The Kier molecular flexibility index (Phi) is 3.08. The first-order valence-electron chi connectivity index (χ1n) is 3.32. The second kappa shape index (κ2) is 3.88. The highest BCUT2D eigenvalue weighted by Crippen LogP contribution is 2.12. The number of allylic oxidation sites excluding steroid dienone is 1. The Balaban J connectivity index is 2.71. The molecule has 0 aromatic rings. The fourth-order valence-corrected chi connectivity index (χ4v) is 1.38. The quantitative estimate of drug-likeness (QED) is 0.642. The Labute approximate surface area is 75.6 Å². The summed E-state index contributed by atoms with van der Waals surface area (Å²) in [6.07, 6.45) is 4.89.